The number of hydrogen-bond acceptors (Lipinski definition) is 4. The van der Waals surface area contributed by atoms with Gasteiger partial charge in [-0.25, -0.2) is 13.4 Å². The standard InChI is InChI=1S/C35H31N3O3S/c39-32(20-23-11-12-23)37-27-16-14-25(15-17-27)30-21-36-35-34(33(30)26-7-3-1-4-8-26)29-19-24(13-18-31(29)38-35)22-42(40,41)28-9-5-2-6-10-28/h1-3,5-7,9-10,13-19,21,23H,4,8,11-12,20,22H2,(H,36,38)(H,37,39). The number of aromatic nitrogens is 2. The van der Waals surface area contributed by atoms with Gasteiger partial charge in [0.15, 0.2) is 9.84 Å². The molecule has 0 unspecified atom stereocenters. The highest BCUT2D eigenvalue weighted by Gasteiger charge is 2.24. The number of benzene rings is 3. The fourth-order valence-corrected chi connectivity index (χ4v) is 7.17. The van der Waals surface area contributed by atoms with E-state index >= 15 is 0 Å². The largest absolute Gasteiger partial charge is 0.339 e. The van der Waals surface area contributed by atoms with Gasteiger partial charge in [-0.1, -0.05) is 54.6 Å². The first-order valence-electron chi connectivity index (χ1n) is 14.4. The Kier molecular flexibility index (Phi) is 6.75. The Morgan fingerprint density at radius 1 is 1.00 bits per heavy atom. The highest BCUT2D eigenvalue weighted by atomic mass is 32.2. The molecular weight excluding hydrogens is 542 g/mol. The van der Waals surface area contributed by atoms with Crippen LogP contribution in [0.15, 0.2) is 102 Å². The summed E-state index contributed by atoms with van der Waals surface area (Å²) >= 11 is 0. The maximum atomic E-state index is 13.2. The first-order chi connectivity index (χ1) is 20.4. The summed E-state index contributed by atoms with van der Waals surface area (Å²) < 4.78 is 26.4. The first kappa shape index (κ1) is 26.4. The van der Waals surface area contributed by atoms with Gasteiger partial charge < -0.3 is 10.3 Å². The molecule has 0 bridgehead atoms. The van der Waals surface area contributed by atoms with Gasteiger partial charge in [-0.15, -0.1) is 0 Å². The molecule has 0 spiro atoms. The molecule has 3 aromatic carbocycles. The highest BCUT2D eigenvalue weighted by molar-refractivity contribution is 7.90. The maximum Gasteiger partial charge on any atom is 0.224 e. The molecule has 2 aliphatic carbocycles. The number of nitrogens with zero attached hydrogens (tertiary/aromatic N) is 1. The van der Waals surface area contributed by atoms with E-state index in [-0.39, 0.29) is 11.7 Å². The molecule has 0 aliphatic heterocycles. The van der Waals surface area contributed by atoms with E-state index in [1.165, 1.54) is 5.57 Å². The van der Waals surface area contributed by atoms with Crippen molar-refractivity contribution in [1.82, 2.24) is 9.97 Å². The van der Waals surface area contributed by atoms with E-state index in [2.05, 4.69) is 28.5 Å². The van der Waals surface area contributed by atoms with Gasteiger partial charge in [-0.3, -0.25) is 4.79 Å². The van der Waals surface area contributed by atoms with Crippen LogP contribution in [0.4, 0.5) is 5.69 Å². The van der Waals surface area contributed by atoms with Crippen molar-refractivity contribution in [2.45, 2.75) is 42.8 Å². The van der Waals surface area contributed by atoms with Crippen molar-refractivity contribution >= 4 is 48.9 Å². The number of H-pyrrole nitrogens is 1. The van der Waals surface area contributed by atoms with Crippen molar-refractivity contribution in [2.24, 2.45) is 5.92 Å². The molecule has 42 heavy (non-hydrogen) atoms. The molecule has 2 aromatic heterocycles. The van der Waals surface area contributed by atoms with Crippen LogP contribution in [-0.2, 0) is 20.4 Å². The third-order valence-electron chi connectivity index (χ3n) is 8.13. The van der Waals surface area contributed by atoms with Gasteiger partial charge in [-0.05, 0) is 90.3 Å². The SMILES string of the molecule is O=C(CC1CC1)Nc1ccc(-c2cnc3[nH]c4ccc(CS(=O)(=O)c5ccccc5)cc4c3c2C2=CC=CCC2)cc1. The van der Waals surface area contributed by atoms with Crippen molar-refractivity contribution in [3.63, 3.8) is 0 Å². The number of carbonyl (C=O) groups excluding carboxylic acids is 1. The molecule has 0 radical (unpaired) electrons. The number of fused-ring (bicyclic) bond motifs is 3. The third-order valence-corrected chi connectivity index (χ3v) is 9.83. The van der Waals surface area contributed by atoms with Crippen LogP contribution >= 0.6 is 0 Å². The normalized spacial score (nSPS) is 15.2. The zero-order valence-corrected chi connectivity index (χ0v) is 24.0. The van der Waals surface area contributed by atoms with E-state index < -0.39 is 9.84 Å². The number of aromatic amines is 1. The molecule has 1 fully saturated rings. The lowest BCUT2D eigenvalue weighted by Gasteiger charge is -2.17. The Morgan fingerprint density at radius 3 is 2.55 bits per heavy atom. The summed E-state index contributed by atoms with van der Waals surface area (Å²) in [6.45, 7) is 0. The number of amides is 1. The molecule has 1 amide bonds. The van der Waals surface area contributed by atoms with E-state index in [0.29, 0.717) is 17.2 Å². The van der Waals surface area contributed by atoms with Crippen molar-refractivity contribution < 1.29 is 13.2 Å². The molecule has 2 N–H and O–H groups in total. The second-order valence-electron chi connectivity index (χ2n) is 11.3. The lowest BCUT2D eigenvalue weighted by molar-refractivity contribution is -0.116. The molecule has 2 heterocycles. The van der Waals surface area contributed by atoms with Gasteiger partial charge in [0, 0.05) is 40.2 Å². The summed E-state index contributed by atoms with van der Waals surface area (Å²) in [5.41, 5.74) is 7.52. The number of pyridine rings is 1. The van der Waals surface area contributed by atoms with Gasteiger partial charge in [-0.2, -0.15) is 0 Å². The van der Waals surface area contributed by atoms with Crippen molar-refractivity contribution in [2.75, 3.05) is 5.32 Å². The smallest absolute Gasteiger partial charge is 0.224 e. The molecule has 0 atom stereocenters. The second kappa shape index (κ2) is 10.7. The summed E-state index contributed by atoms with van der Waals surface area (Å²) in [7, 11) is -3.49. The number of sulfone groups is 1. The van der Waals surface area contributed by atoms with E-state index in [4.69, 9.17) is 4.98 Å². The van der Waals surface area contributed by atoms with Crippen LogP contribution in [0.2, 0.25) is 0 Å². The summed E-state index contributed by atoms with van der Waals surface area (Å²) in [5, 5.41) is 4.97. The Hall–Kier alpha value is -4.49. The van der Waals surface area contributed by atoms with Crippen LogP contribution in [0.1, 0.15) is 43.2 Å². The van der Waals surface area contributed by atoms with E-state index in [0.717, 1.165) is 75.6 Å². The van der Waals surface area contributed by atoms with E-state index in [9.17, 15) is 13.2 Å². The van der Waals surface area contributed by atoms with Crippen LogP contribution < -0.4 is 5.32 Å². The molecule has 7 rings (SSSR count). The zero-order chi connectivity index (χ0) is 28.7. The van der Waals surface area contributed by atoms with E-state index in [1.54, 1.807) is 24.3 Å². The summed E-state index contributed by atoms with van der Waals surface area (Å²) in [6.07, 6.45) is 13.1. The van der Waals surface area contributed by atoms with Gasteiger partial charge in [0.25, 0.3) is 0 Å². The Balaban J connectivity index is 1.32. The quantitative estimate of drug-likeness (QED) is 0.198. The molecule has 1 saturated carbocycles. The molecule has 7 heteroatoms. The first-order valence-corrected chi connectivity index (χ1v) is 16.1. The minimum absolute atomic E-state index is 0.0667. The monoisotopic (exact) mass is 573 g/mol. The van der Waals surface area contributed by atoms with Crippen LogP contribution in [0.5, 0.6) is 0 Å². The highest BCUT2D eigenvalue weighted by Crippen LogP contribution is 2.41. The van der Waals surface area contributed by atoms with Gasteiger partial charge in [0.2, 0.25) is 5.91 Å². The van der Waals surface area contributed by atoms with Crippen LogP contribution in [0.3, 0.4) is 0 Å². The van der Waals surface area contributed by atoms with Gasteiger partial charge in [0.05, 0.1) is 10.6 Å². The van der Waals surface area contributed by atoms with Gasteiger partial charge in [0.1, 0.15) is 5.65 Å². The fourth-order valence-electron chi connectivity index (χ4n) is 5.82. The minimum Gasteiger partial charge on any atom is -0.339 e. The average Bonchev–Trinajstić information content (AvgIpc) is 3.75. The average molecular weight is 574 g/mol. The van der Waals surface area contributed by atoms with Crippen molar-refractivity contribution in [1.29, 1.82) is 0 Å². The predicted octanol–water partition coefficient (Wildman–Crippen LogP) is 7.83. The number of anilines is 1. The molecule has 2 aliphatic rings. The van der Waals surface area contributed by atoms with E-state index in [1.807, 2.05) is 54.7 Å². The Labute approximate surface area is 245 Å². The fraction of sp³-hybridized carbons (Fsp3) is 0.200. The summed E-state index contributed by atoms with van der Waals surface area (Å²) in [4.78, 5) is 20.9. The number of nitrogens with one attached hydrogen (secondary N) is 2. The van der Waals surface area contributed by atoms with Crippen LogP contribution in [0.25, 0.3) is 38.6 Å². The number of hydrogen-bond donors (Lipinski definition) is 2. The summed E-state index contributed by atoms with van der Waals surface area (Å²) in [6, 6.07) is 22.4. The summed E-state index contributed by atoms with van der Waals surface area (Å²) in [5.74, 6) is 0.524. The van der Waals surface area contributed by atoms with Crippen LogP contribution in [-0.4, -0.2) is 24.3 Å². The van der Waals surface area contributed by atoms with Gasteiger partial charge >= 0.3 is 0 Å². The molecule has 6 nitrogen and oxygen atoms in total. The number of carbonyl (C=O) groups is 1. The molecule has 0 saturated heterocycles. The van der Waals surface area contributed by atoms with Crippen LogP contribution in [0, 0.1) is 5.92 Å². The molecule has 210 valence electrons. The predicted molar refractivity (Wildman–Crippen MR) is 169 cm³/mol. The third kappa shape index (κ3) is 5.28. The lowest BCUT2D eigenvalue weighted by atomic mass is 9.88. The number of allylic oxidation sites excluding steroid dienone is 4. The zero-order valence-electron chi connectivity index (χ0n) is 23.1. The Morgan fingerprint density at radius 2 is 1.81 bits per heavy atom. The Bertz CT molecular complexity index is 1980. The molecule has 5 aromatic rings. The second-order valence-corrected chi connectivity index (χ2v) is 13.3. The topological polar surface area (TPSA) is 91.9 Å². The maximum absolute atomic E-state index is 13.2. The van der Waals surface area contributed by atoms with Crippen molar-refractivity contribution in [3.05, 3.63) is 108 Å². The number of rotatable bonds is 8. The molecular formula is C35H31N3O3S. The minimum atomic E-state index is -3.49. The lowest BCUT2D eigenvalue weighted by Crippen LogP contribution is -2.11. The van der Waals surface area contributed by atoms with Crippen molar-refractivity contribution in [3.8, 4) is 11.1 Å².